The predicted octanol–water partition coefficient (Wildman–Crippen LogP) is 0.962. The summed E-state index contributed by atoms with van der Waals surface area (Å²) in [5.74, 6) is 0. The molecule has 0 heterocycles. The molecule has 0 aromatic rings. The van der Waals surface area contributed by atoms with Crippen LogP contribution >= 0.6 is 0 Å². The van der Waals surface area contributed by atoms with Crippen molar-refractivity contribution in [1.29, 1.82) is 0 Å². The highest BCUT2D eigenvalue weighted by atomic mass is 17.0. The van der Waals surface area contributed by atoms with Crippen molar-refractivity contribution in [3.8, 4) is 0 Å². The van der Waals surface area contributed by atoms with Crippen molar-refractivity contribution in [3.63, 3.8) is 0 Å². The standard InChI is InChI=1S/C6H12N2O6/c1-6(14-8(11)12)4-2-3-5-13-7(9)10/h6H,2-5H2,1H3. The number of unbranched alkanes of at least 4 members (excludes halogenated alkanes) is 1. The summed E-state index contributed by atoms with van der Waals surface area (Å²) in [5, 5.41) is 17.9. The van der Waals surface area contributed by atoms with Crippen molar-refractivity contribution in [2.24, 2.45) is 0 Å². The normalized spacial score (nSPS) is 11.8. The molecular formula is C6H12N2O6. The lowest BCUT2D eigenvalue weighted by atomic mass is 10.2. The van der Waals surface area contributed by atoms with E-state index in [1.165, 1.54) is 0 Å². The maximum atomic E-state index is 9.86. The molecular weight excluding hydrogens is 196 g/mol. The molecule has 8 nitrogen and oxygen atoms in total. The van der Waals surface area contributed by atoms with Crippen LogP contribution in [0.4, 0.5) is 0 Å². The SMILES string of the molecule is CC(CCCCO[N+](=O)[O-])O[N+](=O)[O-]. The molecule has 0 aliphatic carbocycles. The van der Waals surface area contributed by atoms with Crippen LogP contribution in [0.5, 0.6) is 0 Å². The molecule has 0 saturated heterocycles. The van der Waals surface area contributed by atoms with Crippen LogP contribution in [0, 0.1) is 20.2 Å². The topological polar surface area (TPSA) is 105 Å². The van der Waals surface area contributed by atoms with Crippen LogP contribution in [-0.2, 0) is 9.68 Å². The summed E-state index contributed by atoms with van der Waals surface area (Å²) in [6, 6.07) is 0. The molecule has 0 spiro atoms. The zero-order valence-corrected chi connectivity index (χ0v) is 7.75. The fraction of sp³-hybridized carbons (Fsp3) is 1.00. The van der Waals surface area contributed by atoms with Crippen LogP contribution in [0.3, 0.4) is 0 Å². The van der Waals surface area contributed by atoms with Gasteiger partial charge in [-0.2, -0.15) is 0 Å². The molecule has 0 rings (SSSR count). The first-order chi connectivity index (χ1) is 6.52. The Morgan fingerprint density at radius 2 is 1.86 bits per heavy atom. The highest BCUT2D eigenvalue weighted by Crippen LogP contribution is 2.04. The second-order valence-corrected chi connectivity index (χ2v) is 2.69. The first-order valence-electron chi connectivity index (χ1n) is 4.11. The van der Waals surface area contributed by atoms with Gasteiger partial charge in [0.2, 0.25) is 0 Å². The summed E-state index contributed by atoms with van der Waals surface area (Å²) < 4.78 is 0. The van der Waals surface area contributed by atoms with Gasteiger partial charge in [0.25, 0.3) is 10.2 Å². The molecule has 0 aliphatic rings. The van der Waals surface area contributed by atoms with Gasteiger partial charge in [-0.1, -0.05) is 0 Å². The van der Waals surface area contributed by atoms with Crippen LogP contribution in [0.25, 0.3) is 0 Å². The molecule has 8 heteroatoms. The van der Waals surface area contributed by atoms with E-state index in [1.54, 1.807) is 6.92 Å². The Morgan fingerprint density at radius 1 is 1.21 bits per heavy atom. The summed E-state index contributed by atoms with van der Waals surface area (Å²) in [7, 11) is 0. The lowest BCUT2D eigenvalue weighted by molar-refractivity contribution is -0.768. The highest BCUT2D eigenvalue weighted by Gasteiger charge is 2.06. The second kappa shape index (κ2) is 6.87. The van der Waals surface area contributed by atoms with E-state index in [4.69, 9.17) is 0 Å². The van der Waals surface area contributed by atoms with Crippen LogP contribution in [0.2, 0.25) is 0 Å². The molecule has 0 bridgehead atoms. The molecule has 14 heavy (non-hydrogen) atoms. The fourth-order valence-electron chi connectivity index (χ4n) is 0.873. The van der Waals surface area contributed by atoms with E-state index in [2.05, 4.69) is 9.68 Å². The van der Waals surface area contributed by atoms with E-state index in [9.17, 15) is 20.2 Å². The van der Waals surface area contributed by atoms with Crippen molar-refractivity contribution >= 4 is 0 Å². The van der Waals surface area contributed by atoms with Gasteiger partial charge in [0.05, 0.1) is 6.61 Å². The minimum absolute atomic E-state index is 0.0121. The van der Waals surface area contributed by atoms with E-state index >= 15 is 0 Å². The molecule has 0 N–H and O–H groups in total. The molecule has 0 aromatic heterocycles. The zero-order valence-electron chi connectivity index (χ0n) is 7.75. The Labute approximate surface area is 80.0 Å². The molecule has 82 valence electrons. The first-order valence-corrected chi connectivity index (χ1v) is 4.11. The minimum atomic E-state index is -0.864. The third-order valence-corrected chi connectivity index (χ3v) is 1.47. The molecule has 0 radical (unpaired) electrons. The number of nitrogens with zero attached hydrogens (tertiary/aromatic N) is 2. The van der Waals surface area contributed by atoms with Crippen molar-refractivity contribution in [3.05, 3.63) is 20.2 Å². The van der Waals surface area contributed by atoms with Crippen molar-refractivity contribution in [1.82, 2.24) is 0 Å². The lowest BCUT2D eigenvalue weighted by Gasteiger charge is -2.07. The van der Waals surface area contributed by atoms with Gasteiger partial charge >= 0.3 is 0 Å². The van der Waals surface area contributed by atoms with Gasteiger partial charge < -0.3 is 9.68 Å². The Bertz CT molecular complexity index is 197. The summed E-state index contributed by atoms with van der Waals surface area (Å²) in [6.45, 7) is 1.58. The third kappa shape index (κ3) is 8.50. The lowest BCUT2D eigenvalue weighted by Crippen LogP contribution is -2.13. The summed E-state index contributed by atoms with van der Waals surface area (Å²) in [6.07, 6.45) is 1.05. The van der Waals surface area contributed by atoms with Crippen LogP contribution in [0.1, 0.15) is 26.2 Å². The number of hydrogen-bond donors (Lipinski definition) is 0. The van der Waals surface area contributed by atoms with Crippen LogP contribution in [-0.4, -0.2) is 22.9 Å². The van der Waals surface area contributed by atoms with E-state index in [1.807, 2.05) is 0 Å². The fourth-order valence-corrected chi connectivity index (χ4v) is 0.873. The molecule has 0 aliphatic heterocycles. The Morgan fingerprint density at radius 3 is 2.36 bits per heavy atom. The zero-order chi connectivity index (χ0) is 11.0. The first kappa shape index (κ1) is 12.4. The van der Waals surface area contributed by atoms with Crippen LogP contribution < -0.4 is 0 Å². The third-order valence-electron chi connectivity index (χ3n) is 1.47. The maximum absolute atomic E-state index is 9.86. The predicted molar refractivity (Wildman–Crippen MR) is 44.3 cm³/mol. The van der Waals surface area contributed by atoms with Gasteiger partial charge in [0.1, 0.15) is 6.10 Å². The van der Waals surface area contributed by atoms with Crippen molar-refractivity contribution in [2.45, 2.75) is 32.3 Å². The average Bonchev–Trinajstić information content (AvgIpc) is 2.01. The van der Waals surface area contributed by atoms with Gasteiger partial charge in [-0.3, -0.25) is 0 Å². The van der Waals surface area contributed by atoms with Gasteiger partial charge in [0, 0.05) is 0 Å². The average molecular weight is 208 g/mol. The smallest absolute Gasteiger partial charge is 0.294 e. The monoisotopic (exact) mass is 208 g/mol. The van der Waals surface area contributed by atoms with Gasteiger partial charge in [-0.05, 0) is 26.2 Å². The minimum Gasteiger partial charge on any atom is -0.314 e. The summed E-state index contributed by atoms with van der Waals surface area (Å²) in [5.41, 5.74) is 0. The molecule has 0 saturated carbocycles. The van der Waals surface area contributed by atoms with Gasteiger partial charge in [0.15, 0.2) is 0 Å². The van der Waals surface area contributed by atoms with Crippen molar-refractivity contribution in [2.75, 3.05) is 6.61 Å². The van der Waals surface area contributed by atoms with E-state index < -0.39 is 16.3 Å². The molecule has 1 unspecified atom stereocenters. The number of hydrogen-bond acceptors (Lipinski definition) is 6. The Kier molecular flexibility index (Phi) is 6.08. The Hall–Kier alpha value is -1.60. The largest absolute Gasteiger partial charge is 0.314 e. The molecule has 0 aromatic carbocycles. The summed E-state index contributed by atoms with van der Waals surface area (Å²) in [4.78, 5) is 27.8. The van der Waals surface area contributed by atoms with E-state index in [-0.39, 0.29) is 6.61 Å². The quantitative estimate of drug-likeness (QED) is 0.334. The maximum Gasteiger partial charge on any atom is 0.294 e. The molecule has 0 fully saturated rings. The van der Waals surface area contributed by atoms with Crippen LogP contribution in [0.15, 0.2) is 0 Å². The van der Waals surface area contributed by atoms with Gasteiger partial charge in [-0.25, -0.2) is 0 Å². The number of rotatable bonds is 8. The molecule has 0 amide bonds. The van der Waals surface area contributed by atoms with Crippen molar-refractivity contribution < 1.29 is 19.8 Å². The van der Waals surface area contributed by atoms with E-state index in [0.717, 1.165) is 0 Å². The highest BCUT2D eigenvalue weighted by molar-refractivity contribution is 4.48. The second-order valence-electron chi connectivity index (χ2n) is 2.69. The van der Waals surface area contributed by atoms with Gasteiger partial charge in [-0.15, -0.1) is 20.2 Å². The van der Waals surface area contributed by atoms with E-state index in [0.29, 0.717) is 19.3 Å². The Balaban J connectivity index is 3.27. The summed E-state index contributed by atoms with van der Waals surface area (Å²) >= 11 is 0. The molecule has 1 atom stereocenters.